The van der Waals surface area contributed by atoms with E-state index >= 15 is 0 Å². The maximum absolute atomic E-state index is 12.3. The molecule has 2 N–H and O–H groups in total. The van der Waals surface area contributed by atoms with Crippen LogP contribution >= 0.6 is 0 Å². The van der Waals surface area contributed by atoms with Gasteiger partial charge in [0.1, 0.15) is 17.0 Å². The highest BCUT2D eigenvalue weighted by Gasteiger charge is 2.24. The number of carbonyl (C=O) groups excluding carboxylic acids is 2. The number of oxazole rings is 1. The van der Waals surface area contributed by atoms with Gasteiger partial charge < -0.3 is 29.4 Å². The Morgan fingerprint density at radius 3 is 2.59 bits per heavy atom. The van der Waals surface area contributed by atoms with Crippen LogP contribution in [0.1, 0.15) is 12.8 Å². The van der Waals surface area contributed by atoms with Gasteiger partial charge in [-0.15, -0.1) is 0 Å². The van der Waals surface area contributed by atoms with Crippen LogP contribution in [0.5, 0.6) is 11.5 Å². The van der Waals surface area contributed by atoms with Gasteiger partial charge in [-0.1, -0.05) is 12.1 Å². The van der Waals surface area contributed by atoms with E-state index in [9.17, 15) is 9.59 Å². The summed E-state index contributed by atoms with van der Waals surface area (Å²) < 4.78 is 16.2. The Hall–Kier alpha value is -3.75. The van der Waals surface area contributed by atoms with Crippen LogP contribution in [0.2, 0.25) is 0 Å². The molecular formula is C23H26N4O5. The number of fused-ring (bicyclic) bond motifs is 1. The number of nitrogens with one attached hydrogen (secondary N) is 2. The summed E-state index contributed by atoms with van der Waals surface area (Å²) in [6.07, 6.45) is 1.74. The summed E-state index contributed by atoms with van der Waals surface area (Å²) in [4.78, 5) is 31.2. The summed E-state index contributed by atoms with van der Waals surface area (Å²) in [7, 11) is 3.02. The minimum absolute atomic E-state index is 0.280. The second-order valence-electron chi connectivity index (χ2n) is 7.62. The van der Waals surface area contributed by atoms with E-state index in [0.717, 1.165) is 37.0 Å². The monoisotopic (exact) mass is 438 g/mol. The van der Waals surface area contributed by atoms with Crippen molar-refractivity contribution in [1.82, 2.24) is 10.3 Å². The first-order valence-corrected chi connectivity index (χ1v) is 10.5. The molecule has 2 amide bonds. The molecule has 0 spiro atoms. The number of methoxy groups -OCH3 is 2. The van der Waals surface area contributed by atoms with E-state index in [1.165, 1.54) is 14.2 Å². The number of carbonyl (C=O) groups is 2. The van der Waals surface area contributed by atoms with Crippen molar-refractivity contribution in [3.05, 3.63) is 42.5 Å². The van der Waals surface area contributed by atoms with Gasteiger partial charge in [-0.25, -0.2) is 0 Å². The van der Waals surface area contributed by atoms with Gasteiger partial charge in [-0.3, -0.25) is 9.59 Å². The fraction of sp³-hybridized carbons (Fsp3) is 0.348. The molecule has 1 aliphatic heterocycles. The Bertz CT molecular complexity index is 1070. The zero-order chi connectivity index (χ0) is 22.5. The zero-order valence-electron chi connectivity index (χ0n) is 18.1. The van der Waals surface area contributed by atoms with E-state index < -0.39 is 11.8 Å². The maximum atomic E-state index is 12.3. The lowest BCUT2D eigenvalue weighted by molar-refractivity contribution is -0.136. The molecule has 32 heavy (non-hydrogen) atoms. The summed E-state index contributed by atoms with van der Waals surface area (Å²) in [5, 5.41) is 5.32. The zero-order valence-corrected chi connectivity index (χ0v) is 18.1. The average molecular weight is 438 g/mol. The van der Waals surface area contributed by atoms with Crippen LogP contribution in [0.3, 0.4) is 0 Å². The Balaban J connectivity index is 1.25. The fourth-order valence-corrected chi connectivity index (χ4v) is 3.72. The molecule has 9 nitrogen and oxygen atoms in total. The second-order valence-corrected chi connectivity index (χ2v) is 7.62. The smallest absolute Gasteiger partial charge is 0.313 e. The highest BCUT2D eigenvalue weighted by molar-refractivity contribution is 6.39. The molecule has 4 rings (SSSR count). The van der Waals surface area contributed by atoms with Crippen molar-refractivity contribution in [1.29, 1.82) is 0 Å². The number of piperidine rings is 1. The quantitative estimate of drug-likeness (QED) is 0.570. The van der Waals surface area contributed by atoms with Gasteiger partial charge >= 0.3 is 11.8 Å². The molecule has 0 radical (unpaired) electrons. The number of nitrogens with zero attached hydrogens (tertiary/aromatic N) is 2. The molecule has 0 atom stereocenters. The van der Waals surface area contributed by atoms with Crippen molar-refractivity contribution in [2.24, 2.45) is 5.92 Å². The first-order valence-electron chi connectivity index (χ1n) is 10.5. The molecule has 0 unspecified atom stereocenters. The van der Waals surface area contributed by atoms with Crippen molar-refractivity contribution in [3.63, 3.8) is 0 Å². The number of para-hydroxylation sites is 2. The van der Waals surface area contributed by atoms with Crippen LogP contribution in [0.4, 0.5) is 11.7 Å². The van der Waals surface area contributed by atoms with E-state index in [2.05, 4.69) is 20.5 Å². The lowest BCUT2D eigenvalue weighted by Gasteiger charge is -2.30. The molecular weight excluding hydrogens is 412 g/mol. The normalized spacial score (nSPS) is 14.2. The topological polar surface area (TPSA) is 106 Å². The lowest BCUT2D eigenvalue weighted by atomic mass is 9.97. The molecule has 1 saturated heterocycles. The van der Waals surface area contributed by atoms with E-state index in [1.54, 1.807) is 18.2 Å². The second kappa shape index (κ2) is 9.59. The minimum Gasteiger partial charge on any atom is -0.497 e. The lowest BCUT2D eigenvalue weighted by Crippen LogP contribution is -2.42. The van der Waals surface area contributed by atoms with Gasteiger partial charge in [0, 0.05) is 25.7 Å². The van der Waals surface area contributed by atoms with Crippen LogP contribution in [0, 0.1) is 5.92 Å². The van der Waals surface area contributed by atoms with Crippen molar-refractivity contribution in [3.8, 4) is 11.5 Å². The van der Waals surface area contributed by atoms with Gasteiger partial charge in [0.2, 0.25) is 0 Å². The van der Waals surface area contributed by atoms with Gasteiger partial charge in [0.25, 0.3) is 6.01 Å². The molecule has 3 aromatic rings. The predicted molar refractivity (Wildman–Crippen MR) is 120 cm³/mol. The molecule has 2 aromatic carbocycles. The van der Waals surface area contributed by atoms with Crippen LogP contribution < -0.4 is 25.0 Å². The van der Waals surface area contributed by atoms with Crippen molar-refractivity contribution < 1.29 is 23.5 Å². The van der Waals surface area contributed by atoms with Gasteiger partial charge in [0.05, 0.1) is 19.9 Å². The SMILES string of the molecule is COc1ccc(NC(=O)C(=O)NCC2CCN(c3nc4ccccc4o3)CC2)c(OC)c1. The van der Waals surface area contributed by atoms with E-state index in [4.69, 9.17) is 13.9 Å². The van der Waals surface area contributed by atoms with E-state index in [0.29, 0.717) is 29.7 Å². The molecule has 1 aromatic heterocycles. The first-order chi connectivity index (χ1) is 15.6. The Morgan fingerprint density at radius 2 is 1.88 bits per heavy atom. The number of anilines is 2. The van der Waals surface area contributed by atoms with Gasteiger partial charge in [-0.2, -0.15) is 4.98 Å². The third-order valence-corrected chi connectivity index (χ3v) is 5.58. The molecule has 2 heterocycles. The van der Waals surface area contributed by atoms with Crippen LogP contribution in [-0.2, 0) is 9.59 Å². The van der Waals surface area contributed by atoms with Crippen molar-refractivity contribution >= 4 is 34.6 Å². The molecule has 168 valence electrons. The Kier molecular flexibility index (Phi) is 6.44. The Labute approximate surface area is 185 Å². The predicted octanol–water partition coefficient (Wildman–Crippen LogP) is 2.82. The molecule has 0 bridgehead atoms. The number of rotatable bonds is 6. The third-order valence-electron chi connectivity index (χ3n) is 5.58. The van der Waals surface area contributed by atoms with Crippen molar-refractivity contribution in [2.45, 2.75) is 12.8 Å². The van der Waals surface area contributed by atoms with Crippen molar-refractivity contribution in [2.75, 3.05) is 44.1 Å². The Morgan fingerprint density at radius 1 is 1.09 bits per heavy atom. The summed E-state index contributed by atoms with van der Waals surface area (Å²) in [5.74, 6) is -0.130. The largest absolute Gasteiger partial charge is 0.497 e. The first kappa shape index (κ1) is 21.5. The third kappa shape index (κ3) is 4.77. The van der Waals surface area contributed by atoms with Crippen LogP contribution in [0.25, 0.3) is 11.1 Å². The minimum atomic E-state index is -0.739. The number of aromatic nitrogens is 1. The number of hydrogen-bond acceptors (Lipinski definition) is 7. The summed E-state index contributed by atoms with van der Waals surface area (Å²) >= 11 is 0. The molecule has 0 saturated carbocycles. The highest BCUT2D eigenvalue weighted by atomic mass is 16.5. The average Bonchev–Trinajstić information content (AvgIpc) is 3.27. The van der Waals surface area contributed by atoms with E-state index in [1.807, 2.05) is 24.3 Å². The highest BCUT2D eigenvalue weighted by Crippen LogP contribution is 2.29. The molecule has 9 heteroatoms. The molecule has 1 aliphatic rings. The number of benzene rings is 2. The number of ether oxygens (including phenoxy) is 2. The summed E-state index contributed by atoms with van der Waals surface area (Å²) in [6, 6.07) is 13.3. The fourth-order valence-electron chi connectivity index (χ4n) is 3.72. The summed E-state index contributed by atoms with van der Waals surface area (Å²) in [5.41, 5.74) is 2.02. The maximum Gasteiger partial charge on any atom is 0.313 e. The molecule has 1 fully saturated rings. The number of amides is 2. The van der Waals surface area contributed by atoms with Gasteiger partial charge in [-0.05, 0) is 43.0 Å². The van der Waals surface area contributed by atoms with Crippen LogP contribution in [0.15, 0.2) is 46.9 Å². The standard InChI is InChI=1S/C23H26N4O5/c1-30-16-7-8-18(20(13-16)31-2)25-22(29)21(28)24-14-15-9-11-27(12-10-15)23-26-17-5-3-4-6-19(17)32-23/h3-8,13,15H,9-12,14H2,1-2H3,(H,24,28)(H,25,29). The van der Waals surface area contributed by atoms with Crippen LogP contribution in [-0.4, -0.2) is 50.7 Å². The van der Waals surface area contributed by atoms with Gasteiger partial charge in [0.15, 0.2) is 5.58 Å². The summed E-state index contributed by atoms with van der Waals surface area (Å²) in [6.45, 7) is 2.00. The molecule has 0 aliphatic carbocycles. The number of hydrogen-bond donors (Lipinski definition) is 2. The van der Waals surface area contributed by atoms with E-state index in [-0.39, 0.29) is 5.92 Å².